The molecule has 15 heavy (non-hydrogen) atoms. The molecular formula is C8H16BN3O3. The summed E-state index contributed by atoms with van der Waals surface area (Å²) < 4.78 is 10.2. The van der Waals surface area contributed by atoms with Crippen molar-refractivity contribution >= 4 is 7.85 Å². The number of hydrogen-bond acceptors (Lipinski definition) is 4. The molecule has 0 unspecified atom stereocenters. The van der Waals surface area contributed by atoms with Crippen LogP contribution >= 0.6 is 0 Å². The molecule has 0 aromatic rings. The minimum Gasteiger partial charge on any atom is -0.392 e. The highest BCUT2D eigenvalue weighted by atomic mass is 16.6. The van der Waals surface area contributed by atoms with Gasteiger partial charge in [0.05, 0.1) is 12.7 Å². The Hall–Kier alpha value is -0.745. The first kappa shape index (κ1) is 14.3. The zero-order chi connectivity index (χ0) is 11.9. The Bertz CT molecular complexity index is 233. The Morgan fingerprint density at radius 2 is 2.27 bits per heavy atom. The van der Waals surface area contributed by atoms with Crippen LogP contribution in [0.1, 0.15) is 20.3 Å². The third kappa shape index (κ3) is 4.53. The van der Waals surface area contributed by atoms with Gasteiger partial charge in [-0.2, -0.15) is 0 Å². The molecule has 0 saturated carbocycles. The molecule has 0 bridgehead atoms. The van der Waals surface area contributed by atoms with Crippen molar-refractivity contribution in [2.24, 2.45) is 5.11 Å². The number of rotatable bonds is 7. The quantitative estimate of drug-likeness (QED) is 0.295. The highest BCUT2D eigenvalue weighted by Crippen LogP contribution is 2.21. The second kappa shape index (κ2) is 6.69. The van der Waals surface area contributed by atoms with E-state index in [1.54, 1.807) is 6.92 Å². The summed E-state index contributed by atoms with van der Waals surface area (Å²) >= 11 is 0. The number of nitrogens with zero attached hydrogens (tertiary/aromatic N) is 3. The third-order valence-electron chi connectivity index (χ3n) is 1.98. The van der Waals surface area contributed by atoms with Crippen molar-refractivity contribution in [2.75, 3.05) is 13.7 Å². The van der Waals surface area contributed by atoms with Crippen molar-refractivity contribution in [3.8, 4) is 0 Å². The van der Waals surface area contributed by atoms with E-state index in [2.05, 4.69) is 10.0 Å². The first-order chi connectivity index (χ1) is 7.01. The van der Waals surface area contributed by atoms with E-state index in [1.807, 2.05) is 0 Å². The molecule has 84 valence electrons. The number of azide groups is 1. The molecule has 0 aliphatic carbocycles. The summed E-state index contributed by atoms with van der Waals surface area (Å²) in [4.78, 5) is 2.69. The largest absolute Gasteiger partial charge is 0.392 e. The Morgan fingerprint density at radius 1 is 1.67 bits per heavy atom. The van der Waals surface area contributed by atoms with Gasteiger partial charge in [-0.3, -0.25) is 0 Å². The fraction of sp³-hybridized carbons (Fsp3) is 1.00. The van der Waals surface area contributed by atoms with Gasteiger partial charge < -0.3 is 14.6 Å². The van der Waals surface area contributed by atoms with Crippen LogP contribution in [0.5, 0.6) is 0 Å². The summed E-state index contributed by atoms with van der Waals surface area (Å²) in [7, 11) is 6.99. The first-order valence-corrected chi connectivity index (χ1v) is 4.68. The first-order valence-electron chi connectivity index (χ1n) is 4.68. The van der Waals surface area contributed by atoms with Gasteiger partial charge in [-0.15, -0.1) is 0 Å². The molecule has 7 heteroatoms. The van der Waals surface area contributed by atoms with E-state index in [1.165, 1.54) is 14.0 Å². The summed E-state index contributed by atoms with van der Waals surface area (Å²) in [6.07, 6.45) is -0.438. The highest BCUT2D eigenvalue weighted by molar-refractivity contribution is 6.11. The predicted molar refractivity (Wildman–Crippen MR) is 56.4 cm³/mol. The van der Waals surface area contributed by atoms with Gasteiger partial charge in [0.25, 0.3) is 0 Å². The van der Waals surface area contributed by atoms with Crippen molar-refractivity contribution in [1.82, 2.24) is 0 Å². The molecule has 2 radical (unpaired) electrons. The van der Waals surface area contributed by atoms with Gasteiger partial charge in [0.1, 0.15) is 7.85 Å². The Kier molecular flexibility index (Phi) is 6.35. The van der Waals surface area contributed by atoms with E-state index in [9.17, 15) is 5.11 Å². The van der Waals surface area contributed by atoms with Crippen LogP contribution in [0.3, 0.4) is 0 Å². The second-order valence-electron chi connectivity index (χ2n) is 3.25. The van der Waals surface area contributed by atoms with Crippen molar-refractivity contribution in [3.63, 3.8) is 0 Å². The molecule has 0 saturated heterocycles. The fourth-order valence-electron chi connectivity index (χ4n) is 1.00. The molecule has 0 aliphatic rings. The van der Waals surface area contributed by atoms with E-state index in [0.717, 1.165) is 0 Å². The molecular weight excluding hydrogens is 197 g/mol. The smallest absolute Gasteiger partial charge is 0.169 e. The zero-order valence-corrected chi connectivity index (χ0v) is 9.25. The van der Waals surface area contributed by atoms with E-state index in [-0.39, 0.29) is 6.61 Å². The third-order valence-corrected chi connectivity index (χ3v) is 1.98. The Balaban J connectivity index is 4.67. The molecule has 0 amide bonds. The van der Waals surface area contributed by atoms with Gasteiger partial charge in [-0.1, -0.05) is 12.0 Å². The second-order valence-corrected chi connectivity index (χ2v) is 3.25. The summed E-state index contributed by atoms with van der Waals surface area (Å²) in [6, 6.07) is -0.911. The lowest BCUT2D eigenvalue weighted by Crippen LogP contribution is -2.42. The predicted octanol–water partition coefficient (Wildman–Crippen LogP) is 0.941. The Morgan fingerprint density at radius 3 is 2.60 bits per heavy atom. The minimum atomic E-state index is -1.15. The zero-order valence-electron chi connectivity index (χ0n) is 9.25. The average molecular weight is 213 g/mol. The standard InChI is InChI=1S/C8H16BN3O3/c1-4-8(5-14-3,11-12-10)15-7(9)6(2)13/h6-7,13H,4-5H2,1-3H3/t6-,7-,8+/m1/s1. The fourth-order valence-corrected chi connectivity index (χ4v) is 1.00. The van der Waals surface area contributed by atoms with Gasteiger partial charge in [-0.25, -0.2) is 0 Å². The molecule has 0 spiro atoms. The molecule has 1 N–H and O–H groups in total. The summed E-state index contributed by atoms with van der Waals surface area (Å²) in [6.45, 7) is 3.37. The lowest BCUT2D eigenvalue weighted by Gasteiger charge is -2.31. The van der Waals surface area contributed by atoms with Crippen molar-refractivity contribution in [1.29, 1.82) is 0 Å². The SMILES string of the molecule is [B][C@H](O[C@@](CC)(COC)N=[N+]=[N-])[C@@H](C)O. The van der Waals surface area contributed by atoms with Crippen LogP contribution in [-0.4, -0.2) is 44.5 Å². The van der Waals surface area contributed by atoms with Crippen LogP contribution < -0.4 is 0 Å². The summed E-state index contributed by atoms with van der Waals surface area (Å²) in [5.41, 5.74) is 7.28. The summed E-state index contributed by atoms with van der Waals surface area (Å²) in [5.74, 6) is 0. The van der Waals surface area contributed by atoms with E-state index >= 15 is 0 Å². The topological polar surface area (TPSA) is 87.5 Å². The van der Waals surface area contributed by atoms with E-state index < -0.39 is 17.8 Å². The molecule has 0 aromatic heterocycles. The van der Waals surface area contributed by atoms with E-state index in [0.29, 0.717) is 6.42 Å². The lowest BCUT2D eigenvalue weighted by molar-refractivity contribution is -0.125. The maximum atomic E-state index is 9.19. The van der Waals surface area contributed by atoms with Crippen LogP contribution in [0.2, 0.25) is 0 Å². The average Bonchev–Trinajstić information content (AvgIpc) is 2.18. The lowest BCUT2D eigenvalue weighted by atomic mass is 9.94. The van der Waals surface area contributed by atoms with Crippen LogP contribution in [-0.2, 0) is 9.47 Å². The van der Waals surface area contributed by atoms with Crippen molar-refractivity contribution in [2.45, 2.75) is 38.1 Å². The minimum absolute atomic E-state index is 0.0913. The van der Waals surface area contributed by atoms with E-state index in [4.69, 9.17) is 22.9 Å². The number of aliphatic hydroxyl groups is 1. The summed E-state index contributed by atoms with van der Waals surface area (Å²) in [5, 5.41) is 12.7. The molecule has 0 aromatic carbocycles. The van der Waals surface area contributed by atoms with Gasteiger partial charge in [0, 0.05) is 18.0 Å². The van der Waals surface area contributed by atoms with Crippen LogP contribution in [0.25, 0.3) is 10.4 Å². The van der Waals surface area contributed by atoms with Crippen molar-refractivity contribution < 1.29 is 14.6 Å². The monoisotopic (exact) mass is 213 g/mol. The molecule has 6 nitrogen and oxygen atoms in total. The number of aliphatic hydroxyl groups excluding tert-OH is 1. The molecule has 0 rings (SSSR count). The number of methoxy groups -OCH3 is 1. The van der Waals surface area contributed by atoms with Crippen LogP contribution in [0.4, 0.5) is 0 Å². The van der Waals surface area contributed by atoms with Crippen LogP contribution in [0, 0.1) is 0 Å². The number of ether oxygens (including phenoxy) is 2. The molecule has 0 aliphatic heterocycles. The van der Waals surface area contributed by atoms with Crippen LogP contribution in [0.15, 0.2) is 5.11 Å². The molecule has 3 atom stereocenters. The Labute approximate surface area is 90.6 Å². The normalized spacial score (nSPS) is 18.7. The maximum absolute atomic E-state index is 9.19. The van der Waals surface area contributed by atoms with Gasteiger partial charge in [0.2, 0.25) is 0 Å². The van der Waals surface area contributed by atoms with Gasteiger partial charge in [0.15, 0.2) is 5.72 Å². The molecule has 0 fully saturated rings. The van der Waals surface area contributed by atoms with Crippen molar-refractivity contribution in [3.05, 3.63) is 10.4 Å². The van der Waals surface area contributed by atoms with Gasteiger partial charge in [-0.05, 0) is 18.9 Å². The highest BCUT2D eigenvalue weighted by Gasteiger charge is 2.31. The maximum Gasteiger partial charge on any atom is 0.169 e. The molecule has 0 heterocycles. The number of hydrogen-bond donors (Lipinski definition) is 1. The van der Waals surface area contributed by atoms with Gasteiger partial charge >= 0.3 is 0 Å².